The Morgan fingerprint density at radius 2 is 2.12 bits per heavy atom. The number of hydrogen-bond donors (Lipinski definition) is 0. The molecule has 2 rings (SSSR count). The van der Waals surface area contributed by atoms with E-state index in [2.05, 4.69) is 25.1 Å². The molecule has 0 saturated heterocycles. The van der Waals surface area contributed by atoms with Gasteiger partial charge in [0.2, 0.25) is 0 Å². The minimum Gasteiger partial charge on any atom is -0.491 e. The van der Waals surface area contributed by atoms with Crippen molar-refractivity contribution in [2.45, 2.75) is 51.5 Å². The van der Waals surface area contributed by atoms with E-state index < -0.39 is 0 Å². The van der Waals surface area contributed by atoms with Crippen LogP contribution in [0.4, 0.5) is 0 Å². The second-order valence-electron chi connectivity index (χ2n) is 5.37. The monoisotopic (exact) mass is 252 g/mol. The molecule has 0 bridgehead atoms. The number of halogens is 1. The Hall–Kier alpha value is -0.690. The number of hydrogen-bond acceptors (Lipinski definition) is 1. The van der Waals surface area contributed by atoms with E-state index in [0.29, 0.717) is 5.92 Å². The second kappa shape index (κ2) is 5.30. The SMILES string of the molecule is CC1CCc2ccc(OC(C)C)cc2C(Cl)C1. The van der Waals surface area contributed by atoms with Crippen LogP contribution in [-0.2, 0) is 6.42 Å². The molecule has 17 heavy (non-hydrogen) atoms. The maximum atomic E-state index is 6.50. The Labute approximate surface area is 109 Å². The minimum atomic E-state index is 0.137. The fraction of sp³-hybridized carbons (Fsp3) is 0.600. The van der Waals surface area contributed by atoms with Crippen LogP contribution in [0.15, 0.2) is 18.2 Å². The second-order valence-corrected chi connectivity index (χ2v) is 5.90. The molecule has 0 spiro atoms. The van der Waals surface area contributed by atoms with Gasteiger partial charge in [0.05, 0.1) is 11.5 Å². The number of alkyl halides is 1. The lowest BCUT2D eigenvalue weighted by Gasteiger charge is -2.15. The highest BCUT2D eigenvalue weighted by molar-refractivity contribution is 6.21. The van der Waals surface area contributed by atoms with Crippen molar-refractivity contribution >= 4 is 11.6 Å². The van der Waals surface area contributed by atoms with Gasteiger partial charge in [-0.1, -0.05) is 13.0 Å². The third-order valence-corrected chi connectivity index (χ3v) is 3.76. The van der Waals surface area contributed by atoms with E-state index in [1.807, 2.05) is 13.8 Å². The predicted octanol–water partition coefficient (Wildman–Crippen LogP) is 4.73. The molecule has 2 heteroatoms. The highest BCUT2D eigenvalue weighted by atomic mass is 35.5. The summed E-state index contributed by atoms with van der Waals surface area (Å²) < 4.78 is 5.74. The topological polar surface area (TPSA) is 9.23 Å². The first-order valence-corrected chi connectivity index (χ1v) is 6.93. The normalized spacial score (nSPS) is 24.3. The van der Waals surface area contributed by atoms with E-state index in [0.717, 1.165) is 18.6 Å². The molecule has 1 nitrogen and oxygen atoms in total. The fourth-order valence-electron chi connectivity index (χ4n) is 2.44. The summed E-state index contributed by atoms with van der Waals surface area (Å²) in [6.45, 7) is 6.38. The lowest BCUT2D eigenvalue weighted by Crippen LogP contribution is -2.06. The number of fused-ring (bicyclic) bond motifs is 1. The molecule has 0 saturated carbocycles. The van der Waals surface area contributed by atoms with Crippen molar-refractivity contribution in [2.24, 2.45) is 5.92 Å². The molecular formula is C15H21ClO. The van der Waals surface area contributed by atoms with Gasteiger partial charge in [-0.3, -0.25) is 0 Å². The van der Waals surface area contributed by atoms with Crippen LogP contribution < -0.4 is 4.74 Å². The molecule has 2 unspecified atom stereocenters. The van der Waals surface area contributed by atoms with E-state index in [4.69, 9.17) is 16.3 Å². The van der Waals surface area contributed by atoms with E-state index in [9.17, 15) is 0 Å². The molecule has 1 aromatic carbocycles. The molecule has 0 aromatic heterocycles. The Morgan fingerprint density at radius 1 is 1.35 bits per heavy atom. The summed E-state index contributed by atoms with van der Waals surface area (Å²) in [6.07, 6.45) is 3.66. The van der Waals surface area contributed by atoms with Gasteiger partial charge >= 0.3 is 0 Å². The lowest BCUT2D eigenvalue weighted by atomic mass is 10.0. The van der Waals surface area contributed by atoms with Crippen molar-refractivity contribution in [3.05, 3.63) is 29.3 Å². The van der Waals surface area contributed by atoms with Crippen LogP contribution in [-0.4, -0.2) is 6.10 Å². The first-order chi connectivity index (χ1) is 8.06. The standard InChI is InChI=1S/C15H21ClO/c1-10(2)17-13-7-6-12-5-4-11(3)8-15(16)14(12)9-13/h6-7,9-11,15H,4-5,8H2,1-3H3. The van der Waals surface area contributed by atoms with E-state index in [-0.39, 0.29) is 11.5 Å². The predicted molar refractivity (Wildman–Crippen MR) is 72.9 cm³/mol. The Balaban J connectivity index is 2.27. The van der Waals surface area contributed by atoms with Gasteiger partial charge in [0, 0.05) is 0 Å². The molecule has 0 heterocycles. The molecule has 1 aromatic rings. The van der Waals surface area contributed by atoms with Crippen molar-refractivity contribution in [2.75, 3.05) is 0 Å². The summed E-state index contributed by atoms with van der Waals surface area (Å²) >= 11 is 6.50. The minimum absolute atomic E-state index is 0.137. The average Bonchev–Trinajstić information content (AvgIpc) is 2.38. The van der Waals surface area contributed by atoms with Crippen LogP contribution in [0.2, 0.25) is 0 Å². The van der Waals surface area contributed by atoms with Gasteiger partial charge in [0.25, 0.3) is 0 Å². The molecule has 0 amide bonds. The summed E-state index contributed by atoms with van der Waals surface area (Å²) in [5, 5.41) is 0.137. The van der Waals surface area contributed by atoms with Crippen LogP contribution in [0.25, 0.3) is 0 Å². The number of aryl methyl sites for hydroxylation is 1. The molecule has 1 aliphatic rings. The first-order valence-electron chi connectivity index (χ1n) is 6.50. The Kier molecular flexibility index (Phi) is 3.98. The molecule has 94 valence electrons. The average molecular weight is 253 g/mol. The molecule has 0 aliphatic heterocycles. The van der Waals surface area contributed by atoms with Crippen molar-refractivity contribution in [1.29, 1.82) is 0 Å². The van der Waals surface area contributed by atoms with Crippen molar-refractivity contribution < 1.29 is 4.74 Å². The van der Waals surface area contributed by atoms with Gasteiger partial charge in [-0.15, -0.1) is 11.6 Å². The summed E-state index contributed by atoms with van der Waals surface area (Å²) in [7, 11) is 0. The van der Waals surface area contributed by atoms with Crippen molar-refractivity contribution in [1.82, 2.24) is 0 Å². The molecule has 0 fully saturated rings. The van der Waals surface area contributed by atoms with Crippen LogP contribution in [0.1, 0.15) is 50.1 Å². The zero-order valence-electron chi connectivity index (χ0n) is 10.9. The van der Waals surface area contributed by atoms with Gasteiger partial charge in [-0.2, -0.15) is 0 Å². The van der Waals surface area contributed by atoms with Crippen LogP contribution in [0.5, 0.6) is 5.75 Å². The van der Waals surface area contributed by atoms with Crippen molar-refractivity contribution in [3.63, 3.8) is 0 Å². The summed E-state index contributed by atoms with van der Waals surface area (Å²) in [5.74, 6) is 1.65. The summed E-state index contributed by atoms with van der Waals surface area (Å²) in [6, 6.07) is 6.38. The van der Waals surface area contributed by atoms with E-state index in [1.165, 1.54) is 17.5 Å². The Bertz CT molecular complexity index is 387. The molecule has 1 aliphatic carbocycles. The lowest BCUT2D eigenvalue weighted by molar-refractivity contribution is 0.242. The fourth-order valence-corrected chi connectivity index (χ4v) is 2.95. The van der Waals surface area contributed by atoms with E-state index >= 15 is 0 Å². The van der Waals surface area contributed by atoms with Gasteiger partial charge in [-0.05, 0) is 62.3 Å². The van der Waals surface area contributed by atoms with Crippen molar-refractivity contribution in [3.8, 4) is 5.75 Å². The van der Waals surface area contributed by atoms with Crippen LogP contribution in [0, 0.1) is 5.92 Å². The zero-order chi connectivity index (χ0) is 12.4. The molecule has 0 N–H and O–H groups in total. The maximum Gasteiger partial charge on any atom is 0.120 e. The van der Waals surface area contributed by atoms with Crippen LogP contribution in [0.3, 0.4) is 0 Å². The third-order valence-electron chi connectivity index (χ3n) is 3.34. The molecule has 2 atom stereocenters. The quantitative estimate of drug-likeness (QED) is 0.546. The third kappa shape index (κ3) is 3.16. The highest BCUT2D eigenvalue weighted by Crippen LogP contribution is 2.37. The zero-order valence-corrected chi connectivity index (χ0v) is 11.6. The number of benzene rings is 1. The smallest absolute Gasteiger partial charge is 0.120 e. The molecular weight excluding hydrogens is 232 g/mol. The van der Waals surface area contributed by atoms with Gasteiger partial charge in [0.15, 0.2) is 0 Å². The largest absolute Gasteiger partial charge is 0.491 e. The van der Waals surface area contributed by atoms with Gasteiger partial charge in [-0.25, -0.2) is 0 Å². The number of rotatable bonds is 2. The Morgan fingerprint density at radius 3 is 2.82 bits per heavy atom. The van der Waals surface area contributed by atoms with Crippen LogP contribution >= 0.6 is 11.6 Å². The highest BCUT2D eigenvalue weighted by Gasteiger charge is 2.21. The maximum absolute atomic E-state index is 6.50. The van der Waals surface area contributed by atoms with Gasteiger partial charge in [0.1, 0.15) is 5.75 Å². The summed E-state index contributed by atoms with van der Waals surface area (Å²) in [4.78, 5) is 0. The van der Waals surface area contributed by atoms with Gasteiger partial charge < -0.3 is 4.74 Å². The first kappa shape index (κ1) is 12.8. The molecule has 0 radical (unpaired) electrons. The summed E-state index contributed by atoms with van der Waals surface area (Å²) in [5.41, 5.74) is 2.67. The number of ether oxygens (including phenoxy) is 1. The van der Waals surface area contributed by atoms with E-state index in [1.54, 1.807) is 0 Å².